The molecule has 0 rings (SSSR count). The lowest BCUT2D eigenvalue weighted by Gasteiger charge is -2.03. The van der Waals surface area contributed by atoms with Gasteiger partial charge in [0, 0.05) is 0 Å². The molecule has 0 heterocycles. The molecule has 0 fully saturated rings. The lowest BCUT2D eigenvalue weighted by Crippen LogP contribution is -2.46. The van der Waals surface area contributed by atoms with Gasteiger partial charge in [0.1, 0.15) is 12.1 Å². The molecule has 4 nitrogen and oxygen atoms in total. The van der Waals surface area contributed by atoms with E-state index in [0.29, 0.717) is 0 Å². The van der Waals surface area contributed by atoms with Crippen LogP contribution in [0.4, 0.5) is 4.48 Å². The van der Waals surface area contributed by atoms with Crippen molar-refractivity contribution in [2.75, 3.05) is 0 Å². The first-order valence-electron chi connectivity index (χ1n) is 1.67. The van der Waals surface area contributed by atoms with Crippen LogP contribution in [0.5, 0.6) is 0 Å². The van der Waals surface area contributed by atoms with E-state index in [2.05, 4.69) is 5.73 Å². The molecule has 8 heavy (non-hydrogen) atoms. The van der Waals surface area contributed by atoms with Gasteiger partial charge in [-0.25, -0.2) is 0 Å². The zero-order chi connectivity index (χ0) is 6.62. The number of nitrogens with two attached hydrogens (primary N) is 1. The highest BCUT2D eigenvalue weighted by Gasteiger charge is 2.22. The van der Waals surface area contributed by atoms with Crippen LogP contribution in [0.25, 0.3) is 0 Å². The number of nitriles is 2. The second-order valence-corrected chi connectivity index (χ2v) is 1.13. The van der Waals surface area contributed by atoms with Crippen molar-refractivity contribution in [3.8, 4) is 12.1 Å². The van der Waals surface area contributed by atoms with E-state index in [9.17, 15) is 4.48 Å². The fraction of sp³-hybridized carbons (Fsp3) is 0.333. The number of nitrogens with zero attached hydrogens (tertiary/aromatic N) is 2. The Balaban J connectivity index is 4.11. The third-order valence-electron chi connectivity index (χ3n) is 0.502. The molecule has 0 aromatic heterocycles. The highest BCUT2D eigenvalue weighted by Crippen LogP contribution is 1.87. The van der Waals surface area contributed by atoms with E-state index in [4.69, 9.17) is 10.5 Å². The van der Waals surface area contributed by atoms with Crippen LogP contribution in [0.2, 0.25) is 0 Å². The molecule has 0 unspecified atom stereocenters. The fourth-order valence-corrected chi connectivity index (χ4v) is 0.0673. The van der Waals surface area contributed by atoms with Crippen molar-refractivity contribution < 1.29 is 4.48 Å². The highest BCUT2D eigenvalue weighted by atomic mass is 19.2. The average molecular weight is 114 g/mol. The first kappa shape index (κ1) is 6.83. The summed E-state index contributed by atoms with van der Waals surface area (Å²) in [6.45, 7) is 0. The third-order valence-corrected chi connectivity index (χ3v) is 0.502. The predicted octanol–water partition coefficient (Wildman–Crippen LogP) is -0.837. The molecule has 0 aromatic carbocycles. The van der Waals surface area contributed by atoms with Crippen LogP contribution in [-0.2, 0) is 0 Å². The minimum atomic E-state index is -2.18. The van der Waals surface area contributed by atoms with Gasteiger partial charge in [-0.05, 0) is 0 Å². The van der Waals surface area contributed by atoms with Crippen molar-refractivity contribution in [1.29, 1.82) is 10.5 Å². The monoisotopic (exact) mass is 114 g/mol. The third kappa shape index (κ3) is 1.16. The molecule has 0 bridgehead atoms. The molecule has 0 aliphatic heterocycles. The van der Waals surface area contributed by atoms with E-state index in [1.807, 2.05) is 0 Å². The van der Waals surface area contributed by atoms with Gasteiger partial charge in [0.15, 0.2) is 0 Å². The van der Waals surface area contributed by atoms with Crippen molar-refractivity contribution in [3.05, 3.63) is 0 Å². The van der Waals surface area contributed by atoms with Crippen molar-refractivity contribution in [2.24, 2.45) is 5.73 Å². The lowest BCUT2D eigenvalue weighted by molar-refractivity contribution is 0.264. The maximum Gasteiger partial charge on any atom is 0.270 e. The van der Waals surface area contributed by atoms with Gasteiger partial charge in [0.05, 0.1) is 0 Å². The van der Waals surface area contributed by atoms with E-state index in [0.717, 1.165) is 5.54 Å². The summed E-state index contributed by atoms with van der Waals surface area (Å²) in [5.74, 6) is 0. The van der Waals surface area contributed by atoms with E-state index in [-0.39, 0.29) is 0 Å². The molecule has 0 amide bonds. The molecular formula is C3H3FN4. The smallest absolute Gasteiger partial charge is 0.270 e. The maximum absolute atomic E-state index is 11.2. The summed E-state index contributed by atoms with van der Waals surface area (Å²) >= 11 is 0. The standard InChI is InChI=1S/C3H3FN4/c4-8-3(7,1-5)2-6/h8H,7H2. The Labute approximate surface area is 45.2 Å². The minimum absolute atomic E-state index is 0.833. The second-order valence-electron chi connectivity index (χ2n) is 1.13. The summed E-state index contributed by atoms with van der Waals surface area (Å²) in [7, 11) is 0. The van der Waals surface area contributed by atoms with E-state index in [1.165, 1.54) is 12.1 Å². The Bertz CT molecular complexity index is 138. The van der Waals surface area contributed by atoms with Crippen LogP contribution in [0.15, 0.2) is 0 Å². The van der Waals surface area contributed by atoms with Crippen LogP contribution in [0, 0.1) is 22.7 Å². The predicted molar refractivity (Wildman–Crippen MR) is 22.4 cm³/mol. The molecule has 0 aromatic rings. The number of rotatable bonds is 1. The maximum atomic E-state index is 11.2. The van der Waals surface area contributed by atoms with Crippen molar-refractivity contribution >= 4 is 0 Å². The van der Waals surface area contributed by atoms with Crippen LogP contribution < -0.4 is 11.3 Å². The van der Waals surface area contributed by atoms with Crippen LogP contribution in [0.3, 0.4) is 0 Å². The first-order chi connectivity index (χ1) is 3.68. The highest BCUT2D eigenvalue weighted by molar-refractivity contribution is 5.16. The molecular weight excluding hydrogens is 111 g/mol. The van der Waals surface area contributed by atoms with Crippen LogP contribution in [-0.4, -0.2) is 5.66 Å². The van der Waals surface area contributed by atoms with Gasteiger partial charge in [0.25, 0.3) is 5.66 Å². The van der Waals surface area contributed by atoms with E-state index >= 15 is 0 Å². The van der Waals surface area contributed by atoms with Crippen LogP contribution >= 0.6 is 0 Å². The lowest BCUT2D eigenvalue weighted by atomic mass is 10.3. The topological polar surface area (TPSA) is 85.6 Å². The van der Waals surface area contributed by atoms with Crippen molar-refractivity contribution in [3.63, 3.8) is 0 Å². The summed E-state index contributed by atoms with van der Waals surface area (Å²) in [5, 5.41) is 15.8. The molecule has 5 heteroatoms. The van der Waals surface area contributed by atoms with Gasteiger partial charge < -0.3 is 0 Å². The Hall–Kier alpha value is -1.17. The largest absolute Gasteiger partial charge is 0.287 e. The number of hydrogen-bond donors (Lipinski definition) is 2. The molecule has 0 radical (unpaired) electrons. The first-order valence-corrected chi connectivity index (χ1v) is 1.67. The van der Waals surface area contributed by atoms with E-state index in [1.54, 1.807) is 0 Å². The van der Waals surface area contributed by atoms with Gasteiger partial charge in [-0.2, -0.15) is 10.5 Å². The van der Waals surface area contributed by atoms with Crippen LogP contribution in [0.1, 0.15) is 0 Å². The molecule has 0 aliphatic rings. The Morgan fingerprint density at radius 3 is 1.88 bits per heavy atom. The van der Waals surface area contributed by atoms with Gasteiger partial charge in [-0.15, -0.1) is 10.0 Å². The second kappa shape index (κ2) is 2.22. The van der Waals surface area contributed by atoms with Gasteiger partial charge >= 0.3 is 0 Å². The van der Waals surface area contributed by atoms with Crippen molar-refractivity contribution in [2.45, 2.75) is 5.66 Å². The molecule has 0 spiro atoms. The summed E-state index contributed by atoms with van der Waals surface area (Å²) in [6.07, 6.45) is 0. The molecule has 0 saturated heterocycles. The molecule has 0 aliphatic carbocycles. The minimum Gasteiger partial charge on any atom is -0.287 e. The Morgan fingerprint density at radius 1 is 1.50 bits per heavy atom. The zero-order valence-electron chi connectivity index (χ0n) is 3.85. The summed E-state index contributed by atoms with van der Waals surface area (Å²) in [4.78, 5) is 0. The SMILES string of the molecule is N#CC(N)(C#N)NF. The van der Waals surface area contributed by atoms with Gasteiger partial charge in [-0.1, -0.05) is 0 Å². The van der Waals surface area contributed by atoms with Gasteiger partial charge in [0.2, 0.25) is 0 Å². The zero-order valence-corrected chi connectivity index (χ0v) is 3.85. The fourth-order valence-electron chi connectivity index (χ4n) is 0.0673. The van der Waals surface area contributed by atoms with Crippen molar-refractivity contribution in [1.82, 2.24) is 5.54 Å². The Morgan fingerprint density at radius 2 is 1.88 bits per heavy atom. The summed E-state index contributed by atoms with van der Waals surface area (Å²) < 4.78 is 11.2. The number of halogens is 1. The average Bonchev–Trinajstić information content (AvgIpc) is 1.87. The summed E-state index contributed by atoms with van der Waals surface area (Å²) in [5.41, 5.74) is 3.34. The van der Waals surface area contributed by atoms with Gasteiger partial charge in [-0.3, -0.25) is 5.73 Å². The number of hydrogen-bond acceptors (Lipinski definition) is 4. The summed E-state index contributed by atoms with van der Waals surface area (Å²) in [6, 6.07) is 2.42. The number of nitrogens with one attached hydrogen (secondary N) is 1. The molecule has 3 N–H and O–H groups in total. The Kier molecular flexibility index (Phi) is 1.89. The molecule has 0 atom stereocenters. The molecule has 42 valence electrons. The van der Waals surface area contributed by atoms with E-state index < -0.39 is 5.66 Å². The molecule has 0 saturated carbocycles. The quantitative estimate of drug-likeness (QED) is 0.344. The normalized spacial score (nSPS) is 9.50.